The van der Waals surface area contributed by atoms with Gasteiger partial charge in [0.2, 0.25) is 11.8 Å². The lowest BCUT2D eigenvalue weighted by Gasteiger charge is -2.45. The van der Waals surface area contributed by atoms with Crippen LogP contribution in [0.4, 0.5) is 4.39 Å². The van der Waals surface area contributed by atoms with Crippen molar-refractivity contribution in [2.45, 2.75) is 56.7 Å². The number of benzene rings is 1. The van der Waals surface area contributed by atoms with Crippen LogP contribution in [-0.2, 0) is 20.7 Å². The predicted molar refractivity (Wildman–Crippen MR) is 107 cm³/mol. The van der Waals surface area contributed by atoms with E-state index < -0.39 is 0 Å². The van der Waals surface area contributed by atoms with Crippen LogP contribution in [0.1, 0.15) is 37.7 Å². The van der Waals surface area contributed by atoms with Crippen molar-refractivity contribution in [2.24, 2.45) is 0 Å². The third-order valence-electron chi connectivity index (χ3n) is 6.53. The summed E-state index contributed by atoms with van der Waals surface area (Å²) in [5.41, 5.74) is 0.379. The summed E-state index contributed by atoms with van der Waals surface area (Å²) >= 11 is 0. The molecule has 0 radical (unpaired) electrons. The van der Waals surface area contributed by atoms with Gasteiger partial charge in [0.25, 0.3) is 0 Å². The number of ether oxygens (including phenoxy) is 1. The van der Waals surface area contributed by atoms with Crippen LogP contribution in [0.15, 0.2) is 24.3 Å². The minimum atomic E-state index is -0.374. The summed E-state index contributed by atoms with van der Waals surface area (Å²) in [5.74, 6) is -0.571. The van der Waals surface area contributed by atoms with Crippen molar-refractivity contribution in [1.29, 1.82) is 0 Å². The lowest BCUT2D eigenvalue weighted by atomic mass is 9.89. The molecule has 1 unspecified atom stereocenters. The molecule has 0 bridgehead atoms. The average Bonchev–Trinajstić information content (AvgIpc) is 2.68. The van der Waals surface area contributed by atoms with Gasteiger partial charge in [-0.3, -0.25) is 9.59 Å². The molecule has 0 aromatic heterocycles. The molecule has 1 aromatic carbocycles. The van der Waals surface area contributed by atoms with E-state index in [1.807, 2.05) is 4.90 Å². The number of amides is 2. The second kappa shape index (κ2) is 9.22. The summed E-state index contributed by atoms with van der Waals surface area (Å²) in [6.07, 6.45) is 5.77. The minimum Gasteiger partial charge on any atom is -0.365 e. The number of carbonyl (C=O) groups excluding carboxylic acids is 2. The lowest BCUT2D eigenvalue weighted by molar-refractivity contribution is -0.153. The largest absolute Gasteiger partial charge is 0.365 e. The smallest absolute Gasteiger partial charge is 0.248 e. The van der Waals surface area contributed by atoms with Crippen molar-refractivity contribution in [3.05, 3.63) is 35.6 Å². The fourth-order valence-electron chi connectivity index (χ4n) is 4.54. The topological polar surface area (TPSA) is 61.9 Å². The number of halogens is 1. The molecular formula is C22H30FN3O3. The van der Waals surface area contributed by atoms with E-state index in [-0.39, 0.29) is 42.8 Å². The summed E-state index contributed by atoms with van der Waals surface area (Å²) in [4.78, 5) is 29.1. The number of nitrogens with one attached hydrogen (secondary N) is 1. The maximum Gasteiger partial charge on any atom is 0.248 e. The van der Waals surface area contributed by atoms with Gasteiger partial charge in [-0.15, -0.1) is 0 Å². The molecule has 1 aromatic rings. The summed E-state index contributed by atoms with van der Waals surface area (Å²) in [7, 11) is 0. The molecule has 0 spiro atoms. The van der Waals surface area contributed by atoms with Crippen molar-refractivity contribution < 1.29 is 18.7 Å². The zero-order chi connectivity index (χ0) is 20.2. The Hall–Kier alpha value is -1.99. The van der Waals surface area contributed by atoms with Crippen molar-refractivity contribution >= 4 is 11.8 Å². The quantitative estimate of drug-likeness (QED) is 0.786. The highest BCUT2D eigenvalue weighted by atomic mass is 19.1. The maximum atomic E-state index is 13.7. The Morgan fingerprint density at radius 1 is 1.14 bits per heavy atom. The first kappa shape index (κ1) is 20.3. The van der Waals surface area contributed by atoms with E-state index in [4.69, 9.17) is 4.74 Å². The lowest BCUT2D eigenvalue weighted by Crippen LogP contribution is -2.57. The van der Waals surface area contributed by atoms with Crippen LogP contribution in [-0.4, -0.2) is 72.6 Å². The molecule has 29 heavy (non-hydrogen) atoms. The molecule has 158 valence electrons. The molecule has 2 saturated heterocycles. The van der Waals surface area contributed by atoms with E-state index >= 15 is 0 Å². The van der Waals surface area contributed by atoms with E-state index in [0.29, 0.717) is 18.7 Å². The summed E-state index contributed by atoms with van der Waals surface area (Å²) in [5, 5.41) is 2.83. The zero-order valence-electron chi connectivity index (χ0n) is 16.8. The van der Waals surface area contributed by atoms with Crippen LogP contribution in [0.3, 0.4) is 0 Å². The van der Waals surface area contributed by atoms with Crippen molar-refractivity contribution in [3.63, 3.8) is 0 Å². The fraction of sp³-hybridized carbons (Fsp3) is 0.636. The summed E-state index contributed by atoms with van der Waals surface area (Å²) in [6.45, 7) is 3.02. The molecular weight excluding hydrogens is 373 g/mol. The highest BCUT2D eigenvalue weighted by Gasteiger charge is 2.35. The second-order valence-electron chi connectivity index (χ2n) is 8.40. The van der Waals surface area contributed by atoms with E-state index in [1.165, 1.54) is 25.3 Å². The first-order valence-electron chi connectivity index (χ1n) is 10.8. The molecule has 2 amide bonds. The SMILES string of the molecule is O=C(Cc1ccccc1F)NCC1CN(C2CCN(C3CCC3)CC2)C(=O)CO1. The van der Waals surface area contributed by atoms with Crippen LogP contribution in [0.2, 0.25) is 0 Å². The zero-order valence-corrected chi connectivity index (χ0v) is 16.8. The number of nitrogens with zero attached hydrogens (tertiary/aromatic N) is 2. The first-order valence-corrected chi connectivity index (χ1v) is 10.8. The number of rotatable bonds is 6. The van der Waals surface area contributed by atoms with Gasteiger partial charge < -0.3 is 19.9 Å². The van der Waals surface area contributed by atoms with Gasteiger partial charge in [-0.2, -0.15) is 0 Å². The molecule has 3 aliphatic rings. The van der Waals surface area contributed by atoms with Gasteiger partial charge in [0.1, 0.15) is 12.4 Å². The number of carbonyl (C=O) groups is 2. The van der Waals surface area contributed by atoms with Crippen molar-refractivity contribution in [1.82, 2.24) is 15.1 Å². The van der Waals surface area contributed by atoms with Gasteiger partial charge in [0.15, 0.2) is 0 Å². The molecule has 1 N–H and O–H groups in total. The van der Waals surface area contributed by atoms with Gasteiger partial charge in [0.05, 0.1) is 12.5 Å². The Balaban J connectivity index is 1.24. The van der Waals surface area contributed by atoms with Crippen LogP contribution < -0.4 is 5.32 Å². The highest BCUT2D eigenvalue weighted by molar-refractivity contribution is 5.79. The van der Waals surface area contributed by atoms with Gasteiger partial charge in [0, 0.05) is 38.3 Å². The average molecular weight is 403 g/mol. The van der Waals surface area contributed by atoms with Crippen LogP contribution in [0, 0.1) is 5.82 Å². The molecule has 3 fully saturated rings. The number of morpholine rings is 1. The summed E-state index contributed by atoms with van der Waals surface area (Å²) in [6, 6.07) is 7.31. The number of hydrogen-bond acceptors (Lipinski definition) is 4. The third kappa shape index (κ3) is 4.95. The Bertz CT molecular complexity index is 732. The van der Waals surface area contributed by atoms with Crippen LogP contribution in [0.5, 0.6) is 0 Å². The van der Waals surface area contributed by atoms with Crippen molar-refractivity contribution in [3.8, 4) is 0 Å². The normalized spacial score (nSPS) is 24.4. The Labute approximate surface area is 171 Å². The molecule has 4 rings (SSSR count). The molecule has 6 nitrogen and oxygen atoms in total. The monoisotopic (exact) mass is 403 g/mol. The molecule has 2 aliphatic heterocycles. The Kier molecular flexibility index (Phi) is 6.45. The van der Waals surface area contributed by atoms with Gasteiger partial charge >= 0.3 is 0 Å². The van der Waals surface area contributed by atoms with Gasteiger partial charge in [-0.05, 0) is 37.3 Å². The van der Waals surface area contributed by atoms with Crippen molar-refractivity contribution in [2.75, 3.05) is 32.8 Å². The fourth-order valence-corrected chi connectivity index (χ4v) is 4.54. The minimum absolute atomic E-state index is 0.00165. The number of piperidine rings is 1. The van der Waals surface area contributed by atoms with E-state index in [2.05, 4.69) is 10.2 Å². The number of hydrogen-bond donors (Lipinski definition) is 1. The standard InChI is InChI=1S/C22H30FN3O3/c23-20-7-2-1-4-16(20)12-21(27)24-13-19-14-26(22(28)15-29-19)18-8-10-25(11-9-18)17-5-3-6-17/h1-2,4,7,17-19H,3,5-6,8-15H2,(H,24,27). The first-order chi connectivity index (χ1) is 14.1. The molecule has 1 aliphatic carbocycles. The van der Waals surface area contributed by atoms with E-state index in [0.717, 1.165) is 32.0 Å². The molecule has 1 saturated carbocycles. The van der Waals surface area contributed by atoms with E-state index in [1.54, 1.807) is 18.2 Å². The van der Waals surface area contributed by atoms with Crippen LogP contribution >= 0.6 is 0 Å². The Morgan fingerprint density at radius 2 is 1.90 bits per heavy atom. The second-order valence-corrected chi connectivity index (χ2v) is 8.40. The Morgan fingerprint density at radius 3 is 2.59 bits per heavy atom. The highest BCUT2D eigenvalue weighted by Crippen LogP contribution is 2.29. The number of likely N-dealkylation sites (tertiary alicyclic amines) is 1. The van der Waals surface area contributed by atoms with Gasteiger partial charge in [-0.25, -0.2) is 4.39 Å². The molecule has 1 atom stereocenters. The maximum absolute atomic E-state index is 13.7. The molecule has 7 heteroatoms. The third-order valence-corrected chi connectivity index (χ3v) is 6.53. The van der Waals surface area contributed by atoms with Gasteiger partial charge in [-0.1, -0.05) is 24.6 Å². The predicted octanol–water partition coefficient (Wildman–Crippen LogP) is 1.73. The summed E-state index contributed by atoms with van der Waals surface area (Å²) < 4.78 is 19.3. The van der Waals surface area contributed by atoms with Crippen LogP contribution in [0.25, 0.3) is 0 Å². The van der Waals surface area contributed by atoms with E-state index in [9.17, 15) is 14.0 Å². The molecule has 2 heterocycles.